The van der Waals surface area contributed by atoms with Crippen LogP contribution in [0.5, 0.6) is 0 Å². The Bertz CT molecular complexity index is 758. The first kappa shape index (κ1) is 18.6. The van der Waals surface area contributed by atoms with Crippen molar-refractivity contribution in [1.29, 1.82) is 0 Å². The fraction of sp³-hybridized carbons (Fsp3) is 0.188. The minimum absolute atomic E-state index is 0.0441. The zero-order valence-electron chi connectivity index (χ0n) is 12.6. The molecule has 134 valence electrons. The summed E-state index contributed by atoms with van der Waals surface area (Å²) in [5, 5.41) is 4.80. The second kappa shape index (κ2) is 7.45. The molecule has 2 N–H and O–H groups in total. The van der Waals surface area contributed by atoms with E-state index in [0.717, 1.165) is 18.2 Å². The molecule has 0 aliphatic heterocycles. The summed E-state index contributed by atoms with van der Waals surface area (Å²) >= 11 is 0. The average molecular weight is 362 g/mol. The van der Waals surface area contributed by atoms with Crippen molar-refractivity contribution in [1.82, 2.24) is 0 Å². The minimum Gasteiger partial charge on any atom is -0.385 e. The van der Waals surface area contributed by atoms with Crippen LogP contribution in [0.4, 0.5) is 37.7 Å². The molecule has 0 spiro atoms. The standard InChI is InChI=1S/C16H12F6N2O/c17-11-5-6-12(15(19)14(11)18)24-13(25)7-8-23-10-3-1-9(2-4-10)16(20,21)22/h1-6,23H,7-8H2,(H,24,25). The van der Waals surface area contributed by atoms with Gasteiger partial charge in [0.05, 0.1) is 11.3 Å². The number of rotatable bonds is 5. The van der Waals surface area contributed by atoms with Gasteiger partial charge in [0.15, 0.2) is 17.5 Å². The van der Waals surface area contributed by atoms with Gasteiger partial charge in [-0.05, 0) is 36.4 Å². The maximum atomic E-state index is 13.4. The lowest BCUT2D eigenvalue weighted by Gasteiger charge is -2.10. The highest BCUT2D eigenvalue weighted by Gasteiger charge is 2.29. The second-order valence-corrected chi connectivity index (χ2v) is 5.02. The number of nitrogens with one attached hydrogen (secondary N) is 2. The maximum absolute atomic E-state index is 13.4. The van der Waals surface area contributed by atoms with E-state index in [2.05, 4.69) is 10.6 Å². The number of anilines is 2. The normalized spacial score (nSPS) is 11.3. The van der Waals surface area contributed by atoms with E-state index in [1.165, 1.54) is 12.1 Å². The SMILES string of the molecule is O=C(CCNc1ccc(C(F)(F)F)cc1)Nc1ccc(F)c(F)c1F. The van der Waals surface area contributed by atoms with Gasteiger partial charge in [-0.15, -0.1) is 0 Å². The smallest absolute Gasteiger partial charge is 0.385 e. The molecule has 0 radical (unpaired) electrons. The third-order valence-electron chi connectivity index (χ3n) is 3.20. The molecule has 0 aromatic heterocycles. The summed E-state index contributed by atoms with van der Waals surface area (Å²) in [6.07, 6.45) is -4.60. The quantitative estimate of drug-likeness (QED) is 0.605. The minimum atomic E-state index is -4.44. The Morgan fingerprint density at radius 1 is 0.920 bits per heavy atom. The summed E-state index contributed by atoms with van der Waals surface area (Å²) in [5.74, 6) is -5.26. The summed E-state index contributed by atoms with van der Waals surface area (Å²) < 4.78 is 76.5. The van der Waals surface area contributed by atoms with Crippen LogP contribution in [0.25, 0.3) is 0 Å². The fourth-order valence-electron chi connectivity index (χ4n) is 1.93. The first-order valence-electron chi connectivity index (χ1n) is 7.03. The van der Waals surface area contributed by atoms with E-state index in [4.69, 9.17) is 0 Å². The van der Waals surface area contributed by atoms with Crippen molar-refractivity contribution in [3.05, 3.63) is 59.4 Å². The zero-order valence-corrected chi connectivity index (χ0v) is 12.6. The fourth-order valence-corrected chi connectivity index (χ4v) is 1.93. The van der Waals surface area contributed by atoms with E-state index in [1.54, 1.807) is 0 Å². The lowest BCUT2D eigenvalue weighted by molar-refractivity contribution is -0.137. The van der Waals surface area contributed by atoms with Gasteiger partial charge in [-0.2, -0.15) is 13.2 Å². The summed E-state index contributed by atoms with van der Waals surface area (Å²) in [6, 6.07) is 5.74. The van der Waals surface area contributed by atoms with E-state index in [1.807, 2.05) is 0 Å². The van der Waals surface area contributed by atoms with Gasteiger partial charge in [0, 0.05) is 18.7 Å². The van der Waals surface area contributed by atoms with Crippen molar-refractivity contribution in [2.45, 2.75) is 12.6 Å². The van der Waals surface area contributed by atoms with E-state index < -0.39 is 40.8 Å². The van der Waals surface area contributed by atoms with Gasteiger partial charge in [0.1, 0.15) is 0 Å². The molecule has 0 fully saturated rings. The molecule has 0 atom stereocenters. The Morgan fingerprint density at radius 2 is 1.56 bits per heavy atom. The molecular weight excluding hydrogens is 350 g/mol. The molecule has 0 heterocycles. The van der Waals surface area contributed by atoms with Gasteiger partial charge in [-0.25, -0.2) is 13.2 Å². The Kier molecular flexibility index (Phi) is 5.55. The largest absolute Gasteiger partial charge is 0.416 e. The van der Waals surface area contributed by atoms with Gasteiger partial charge in [-0.1, -0.05) is 0 Å². The summed E-state index contributed by atoms with van der Waals surface area (Å²) in [4.78, 5) is 11.7. The number of carbonyl (C=O) groups excluding carboxylic acids is 1. The van der Waals surface area contributed by atoms with Gasteiger partial charge in [0.25, 0.3) is 0 Å². The van der Waals surface area contributed by atoms with Crippen LogP contribution in [0.2, 0.25) is 0 Å². The predicted octanol–water partition coefficient (Wildman–Crippen LogP) is 4.56. The van der Waals surface area contributed by atoms with Gasteiger partial charge in [0.2, 0.25) is 5.91 Å². The molecular formula is C16H12F6N2O. The van der Waals surface area contributed by atoms with Gasteiger partial charge >= 0.3 is 6.18 Å². The van der Waals surface area contributed by atoms with Gasteiger partial charge in [-0.3, -0.25) is 4.79 Å². The number of amides is 1. The van der Waals surface area contributed by atoms with Crippen LogP contribution < -0.4 is 10.6 Å². The molecule has 3 nitrogen and oxygen atoms in total. The first-order chi connectivity index (χ1) is 11.7. The van der Waals surface area contributed by atoms with Crippen LogP contribution in [0.1, 0.15) is 12.0 Å². The number of carbonyl (C=O) groups is 1. The molecule has 2 aromatic carbocycles. The highest BCUT2D eigenvalue weighted by atomic mass is 19.4. The summed E-state index contributed by atoms with van der Waals surface area (Å²) in [5.41, 5.74) is -0.942. The average Bonchev–Trinajstić information content (AvgIpc) is 2.55. The molecule has 0 aliphatic rings. The summed E-state index contributed by atoms with van der Waals surface area (Å²) in [7, 11) is 0. The van der Waals surface area contributed by atoms with Crippen molar-refractivity contribution in [3.63, 3.8) is 0 Å². The van der Waals surface area contributed by atoms with Crippen LogP contribution in [0, 0.1) is 17.5 Å². The van der Waals surface area contributed by atoms with Crippen molar-refractivity contribution in [2.75, 3.05) is 17.2 Å². The topological polar surface area (TPSA) is 41.1 Å². The Balaban J connectivity index is 1.86. The number of alkyl halides is 3. The highest BCUT2D eigenvalue weighted by molar-refractivity contribution is 5.91. The third-order valence-corrected chi connectivity index (χ3v) is 3.20. The molecule has 0 saturated carbocycles. The molecule has 1 amide bonds. The molecule has 0 saturated heterocycles. The number of benzene rings is 2. The Morgan fingerprint density at radius 3 is 2.16 bits per heavy atom. The van der Waals surface area contributed by atoms with Crippen LogP contribution >= 0.6 is 0 Å². The lowest BCUT2D eigenvalue weighted by atomic mass is 10.2. The zero-order chi connectivity index (χ0) is 18.6. The first-order valence-corrected chi connectivity index (χ1v) is 7.03. The third kappa shape index (κ3) is 4.88. The van der Waals surface area contributed by atoms with Crippen molar-refractivity contribution < 1.29 is 31.1 Å². The van der Waals surface area contributed by atoms with E-state index in [9.17, 15) is 31.1 Å². The van der Waals surface area contributed by atoms with E-state index in [0.29, 0.717) is 11.8 Å². The molecule has 0 bridgehead atoms. The molecule has 25 heavy (non-hydrogen) atoms. The molecule has 2 aromatic rings. The molecule has 9 heteroatoms. The monoisotopic (exact) mass is 362 g/mol. The van der Waals surface area contributed by atoms with Crippen LogP contribution in [-0.2, 0) is 11.0 Å². The highest BCUT2D eigenvalue weighted by Crippen LogP contribution is 2.29. The van der Waals surface area contributed by atoms with E-state index in [-0.39, 0.29) is 13.0 Å². The summed E-state index contributed by atoms with van der Waals surface area (Å²) in [6.45, 7) is 0.0441. The molecule has 0 unspecified atom stereocenters. The number of hydrogen-bond donors (Lipinski definition) is 2. The Hall–Kier alpha value is -2.71. The number of halogens is 6. The Labute approximate surface area is 138 Å². The van der Waals surface area contributed by atoms with Gasteiger partial charge < -0.3 is 10.6 Å². The second-order valence-electron chi connectivity index (χ2n) is 5.02. The molecule has 2 rings (SSSR count). The molecule has 0 aliphatic carbocycles. The van der Waals surface area contributed by atoms with Crippen molar-refractivity contribution >= 4 is 17.3 Å². The van der Waals surface area contributed by atoms with Crippen LogP contribution in [0.3, 0.4) is 0 Å². The van der Waals surface area contributed by atoms with Crippen molar-refractivity contribution in [2.24, 2.45) is 0 Å². The number of hydrogen-bond acceptors (Lipinski definition) is 2. The lowest BCUT2D eigenvalue weighted by Crippen LogP contribution is -2.17. The van der Waals surface area contributed by atoms with Crippen molar-refractivity contribution in [3.8, 4) is 0 Å². The van der Waals surface area contributed by atoms with Crippen LogP contribution in [0.15, 0.2) is 36.4 Å². The van der Waals surface area contributed by atoms with E-state index >= 15 is 0 Å². The van der Waals surface area contributed by atoms with Crippen LogP contribution in [-0.4, -0.2) is 12.5 Å². The predicted molar refractivity (Wildman–Crippen MR) is 79.5 cm³/mol. The maximum Gasteiger partial charge on any atom is 0.416 e.